The van der Waals surface area contributed by atoms with Crippen LogP contribution in [0.4, 0.5) is 5.69 Å². The number of rotatable bonds is 10. The molecule has 0 saturated carbocycles. The number of carbonyl (C=O) groups excluding carboxylic acids is 1. The zero-order valence-electron chi connectivity index (χ0n) is 17.0. The number of unbranched alkanes of at least 4 members (excludes halogenated alkanes) is 1. The second-order valence-electron chi connectivity index (χ2n) is 7.24. The van der Waals surface area contributed by atoms with Gasteiger partial charge < -0.3 is 5.32 Å². The van der Waals surface area contributed by atoms with Crippen LogP contribution in [0.15, 0.2) is 18.2 Å². The van der Waals surface area contributed by atoms with Gasteiger partial charge in [0.2, 0.25) is 15.9 Å². The zero-order valence-corrected chi connectivity index (χ0v) is 17.8. The first-order valence-corrected chi connectivity index (χ1v) is 11.3. The van der Waals surface area contributed by atoms with Gasteiger partial charge in [-0.3, -0.25) is 9.10 Å². The Morgan fingerprint density at radius 1 is 1.15 bits per heavy atom. The number of carbonyl (C=O) groups is 1. The maximum Gasteiger partial charge on any atom is 0.243 e. The largest absolute Gasteiger partial charge is 0.354 e. The number of hydrogen-bond donors (Lipinski definition) is 1. The summed E-state index contributed by atoms with van der Waals surface area (Å²) in [5.41, 5.74) is 2.46. The highest BCUT2D eigenvalue weighted by Gasteiger charge is 2.29. The lowest BCUT2D eigenvalue weighted by atomic mass is 9.99. The van der Waals surface area contributed by atoms with Crippen molar-refractivity contribution in [3.05, 3.63) is 29.3 Å². The summed E-state index contributed by atoms with van der Waals surface area (Å²) in [7, 11) is -3.58. The highest BCUT2D eigenvalue weighted by atomic mass is 32.2. The number of anilines is 1. The van der Waals surface area contributed by atoms with Crippen LogP contribution >= 0.6 is 0 Å². The molecule has 0 saturated heterocycles. The molecular weight excluding hydrogens is 348 g/mol. The third kappa shape index (κ3) is 6.63. The van der Waals surface area contributed by atoms with Crippen LogP contribution in [0.5, 0.6) is 0 Å². The number of benzene rings is 1. The second-order valence-corrected chi connectivity index (χ2v) is 9.10. The molecule has 0 fully saturated rings. The minimum atomic E-state index is -3.58. The number of sulfonamides is 1. The highest BCUT2D eigenvalue weighted by Crippen LogP contribution is 2.24. The summed E-state index contributed by atoms with van der Waals surface area (Å²) in [6.07, 6.45) is 5.50. The van der Waals surface area contributed by atoms with E-state index in [-0.39, 0.29) is 5.91 Å². The molecule has 1 amide bonds. The van der Waals surface area contributed by atoms with E-state index in [0.29, 0.717) is 18.2 Å². The Kier molecular flexibility index (Phi) is 8.60. The molecule has 0 aliphatic rings. The first kappa shape index (κ1) is 22.5. The van der Waals surface area contributed by atoms with Gasteiger partial charge in [0.15, 0.2) is 0 Å². The van der Waals surface area contributed by atoms with Gasteiger partial charge in [-0.2, -0.15) is 0 Å². The lowest BCUT2D eigenvalue weighted by Crippen LogP contribution is -2.48. The van der Waals surface area contributed by atoms with Gasteiger partial charge in [-0.25, -0.2) is 8.42 Å². The summed E-state index contributed by atoms with van der Waals surface area (Å²) in [6.45, 7) is 10.3. The molecule has 1 aromatic rings. The van der Waals surface area contributed by atoms with Crippen molar-refractivity contribution < 1.29 is 13.2 Å². The number of nitrogens with zero attached hydrogens (tertiary/aromatic N) is 1. The van der Waals surface area contributed by atoms with Crippen LogP contribution in [-0.2, 0) is 14.8 Å². The molecule has 0 aromatic heterocycles. The molecule has 0 heterocycles. The van der Waals surface area contributed by atoms with E-state index in [1.165, 1.54) is 4.31 Å². The SMILES string of the molecule is CCCC[C@@H](CC)CNC(=O)[C@H](C)N(c1cc(C)cc(C)c1)S(C)(=O)=O. The smallest absolute Gasteiger partial charge is 0.243 e. The predicted octanol–water partition coefficient (Wildman–Crippen LogP) is 3.79. The van der Waals surface area contributed by atoms with E-state index in [0.717, 1.165) is 43.1 Å². The van der Waals surface area contributed by atoms with Crippen LogP contribution in [0, 0.1) is 19.8 Å². The van der Waals surface area contributed by atoms with Crippen LogP contribution in [0.2, 0.25) is 0 Å². The Labute approximate surface area is 159 Å². The highest BCUT2D eigenvalue weighted by molar-refractivity contribution is 7.92. The fraction of sp³-hybridized carbons (Fsp3) is 0.650. The van der Waals surface area contributed by atoms with Crippen molar-refractivity contribution in [1.29, 1.82) is 0 Å². The Morgan fingerprint density at radius 2 is 1.73 bits per heavy atom. The average Bonchev–Trinajstić information content (AvgIpc) is 2.52. The van der Waals surface area contributed by atoms with Crippen LogP contribution in [-0.4, -0.2) is 33.2 Å². The summed E-state index contributed by atoms with van der Waals surface area (Å²) < 4.78 is 26.0. The average molecular weight is 383 g/mol. The molecule has 2 atom stereocenters. The van der Waals surface area contributed by atoms with Crippen molar-refractivity contribution >= 4 is 21.6 Å². The number of nitrogens with one attached hydrogen (secondary N) is 1. The van der Waals surface area contributed by atoms with Crippen molar-refractivity contribution in [1.82, 2.24) is 5.32 Å². The van der Waals surface area contributed by atoms with E-state index in [1.54, 1.807) is 19.1 Å². The number of hydrogen-bond acceptors (Lipinski definition) is 3. The van der Waals surface area contributed by atoms with Gasteiger partial charge in [0.1, 0.15) is 6.04 Å². The minimum Gasteiger partial charge on any atom is -0.354 e. The van der Waals surface area contributed by atoms with Crippen LogP contribution in [0.3, 0.4) is 0 Å². The van der Waals surface area contributed by atoms with Gasteiger partial charge in [-0.15, -0.1) is 0 Å². The van der Waals surface area contributed by atoms with Crippen LogP contribution in [0.1, 0.15) is 57.6 Å². The molecule has 1 N–H and O–H groups in total. The van der Waals surface area contributed by atoms with E-state index in [4.69, 9.17) is 0 Å². The lowest BCUT2D eigenvalue weighted by Gasteiger charge is -2.29. The molecule has 6 heteroatoms. The van der Waals surface area contributed by atoms with E-state index >= 15 is 0 Å². The van der Waals surface area contributed by atoms with E-state index < -0.39 is 16.1 Å². The molecule has 5 nitrogen and oxygen atoms in total. The molecule has 1 aromatic carbocycles. The molecule has 148 valence electrons. The van der Waals surface area contributed by atoms with E-state index in [2.05, 4.69) is 19.2 Å². The van der Waals surface area contributed by atoms with Crippen molar-refractivity contribution in [2.45, 2.75) is 66.3 Å². The van der Waals surface area contributed by atoms with Crippen LogP contribution in [0.25, 0.3) is 0 Å². The molecule has 0 aliphatic heterocycles. The summed E-state index contributed by atoms with van der Waals surface area (Å²) in [5.74, 6) is 0.170. The fourth-order valence-corrected chi connectivity index (χ4v) is 4.38. The molecule has 0 unspecified atom stereocenters. The quantitative estimate of drug-likeness (QED) is 0.669. The lowest BCUT2D eigenvalue weighted by molar-refractivity contribution is -0.122. The van der Waals surface area contributed by atoms with Gasteiger partial charge in [-0.1, -0.05) is 39.2 Å². The van der Waals surface area contributed by atoms with Crippen molar-refractivity contribution in [3.63, 3.8) is 0 Å². The van der Waals surface area contributed by atoms with Crippen molar-refractivity contribution in [2.24, 2.45) is 5.92 Å². The van der Waals surface area contributed by atoms with Crippen molar-refractivity contribution in [3.8, 4) is 0 Å². The maximum absolute atomic E-state index is 12.7. The van der Waals surface area contributed by atoms with Gasteiger partial charge >= 0.3 is 0 Å². The number of amides is 1. The summed E-state index contributed by atoms with van der Waals surface area (Å²) in [4.78, 5) is 12.7. The maximum atomic E-state index is 12.7. The van der Waals surface area contributed by atoms with Gasteiger partial charge in [0.25, 0.3) is 0 Å². The Hall–Kier alpha value is -1.56. The third-order valence-electron chi connectivity index (χ3n) is 4.66. The van der Waals surface area contributed by atoms with Gasteiger partial charge in [-0.05, 0) is 56.4 Å². The first-order valence-electron chi connectivity index (χ1n) is 9.45. The second kappa shape index (κ2) is 9.95. The molecular formula is C20H34N2O3S. The molecule has 0 bridgehead atoms. The van der Waals surface area contributed by atoms with Crippen molar-refractivity contribution in [2.75, 3.05) is 17.1 Å². The summed E-state index contributed by atoms with van der Waals surface area (Å²) in [6, 6.07) is 4.78. The Balaban J connectivity index is 2.96. The molecule has 0 aliphatic carbocycles. The summed E-state index contributed by atoms with van der Waals surface area (Å²) >= 11 is 0. The topological polar surface area (TPSA) is 66.5 Å². The monoisotopic (exact) mass is 382 g/mol. The molecule has 26 heavy (non-hydrogen) atoms. The molecule has 0 radical (unpaired) electrons. The summed E-state index contributed by atoms with van der Waals surface area (Å²) in [5, 5.41) is 2.95. The van der Waals surface area contributed by atoms with E-state index in [1.807, 2.05) is 19.9 Å². The third-order valence-corrected chi connectivity index (χ3v) is 5.90. The zero-order chi connectivity index (χ0) is 19.9. The standard InChI is InChI=1S/C20H34N2O3S/c1-7-9-10-18(8-2)14-21-20(23)17(5)22(26(6,24)25)19-12-15(3)11-16(4)13-19/h11-13,17-18H,7-10,14H2,1-6H3,(H,21,23)/t17-,18+/m0/s1. The predicted molar refractivity (Wildman–Crippen MR) is 109 cm³/mol. The molecule has 0 spiro atoms. The Morgan fingerprint density at radius 3 is 2.19 bits per heavy atom. The van der Waals surface area contributed by atoms with Gasteiger partial charge in [0, 0.05) is 6.54 Å². The normalized spacial score (nSPS) is 13.9. The molecule has 1 rings (SSSR count). The van der Waals surface area contributed by atoms with Gasteiger partial charge in [0.05, 0.1) is 11.9 Å². The number of aryl methyl sites for hydroxylation is 2. The first-order chi connectivity index (χ1) is 12.1. The van der Waals surface area contributed by atoms with E-state index in [9.17, 15) is 13.2 Å². The van der Waals surface area contributed by atoms with Crippen LogP contribution < -0.4 is 9.62 Å². The fourth-order valence-electron chi connectivity index (χ4n) is 3.22. The Bertz CT molecular complexity index is 681. The minimum absolute atomic E-state index is 0.260.